The molecule has 0 aliphatic carbocycles. The minimum atomic E-state index is -0.685. The topological polar surface area (TPSA) is 115 Å². The Morgan fingerprint density at radius 2 is 2.05 bits per heavy atom. The molecule has 21 heavy (non-hydrogen) atoms. The van der Waals surface area contributed by atoms with Crippen molar-refractivity contribution < 1.29 is 9.59 Å². The molecule has 106 valence electrons. The van der Waals surface area contributed by atoms with Crippen LogP contribution in [0.25, 0.3) is 0 Å². The van der Waals surface area contributed by atoms with Crippen LogP contribution in [0.5, 0.6) is 0 Å². The molecule has 2 aromatic rings. The zero-order chi connectivity index (χ0) is 14.8. The van der Waals surface area contributed by atoms with Crippen molar-refractivity contribution in [3.8, 4) is 0 Å². The van der Waals surface area contributed by atoms with Gasteiger partial charge in [0.15, 0.2) is 0 Å². The quantitative estimate of drug-likeness (QED) is 0.799. The largest absolute Gasteiger partial charge is 0.363 e. The van der Waals surface area contributed by atoms with E-state index in [0.29, 0.717) is 25.2 Å². The minimum Gasteiger partial charge on any atom is -0.363 e. The van der Waals surface area contributed by atoms with Crippen LogP contribution in [0, 0.1) is 0 Å². The van der Waals surface area contributed by atoms with E-state index in [-0.39, 0.29) is 17.4 Å². The van der Waals surface area contributed by atoms with Crippen LogP contribution in [-0.4, -0.2) is 43.2 Å². The van der Waals surface area contributed by atoms with E-state index in [0.717, 1.165) is 5.56 Å². The van der Waals surface area contributed by atoms with E-state index in [2.05, 4.69) is 19.9 Å². The second kappa shape index (κ2) is 5.23. The van der Waals surface area contributed by atoms with Gasteiger partial charge in [0, 0.05) is 25.1 Å². The van der Waals surface area contributed by atoms with Crippen molar-refractivity contribution in [1.82, 2.24) is 24.8 Å². The molecule has 0 atom stereocenters. The Labute approximate surface area is 120 Å². The maximum atomic E-state index is 12.3. The summed E-state index contributed by atoms with van der Waals surface area (Å²) >= 11 is 0. The van der Waals surface area contributed by atoms with Gasteiger partial charge in [0.1, 0.15) is 5.69 Å². The highest BCUT2D eigenvalue weighted by atomic mass is 16.2. The Morgan fingerprint density at radius 3 is 2.76 bits per heavy atom. The standard InChI is InChI=1S/C13H12N6O2/c14-11(20)12-17-5-8-1-4-19(7-10(8)18-12)13(21)9-6-15-2-3-16-9/h2-3,5-6H,1,4,7H2,(H2,14,20). The summed E-state index contributed by atoms with van der Waals surface area (Å²) in [6.45, 7) is 0.842. The summed E-state index contributed by atoms with van der Waals surface area (Å²) in [5, 5.41) is 0. The predicted octanol–water partition coefficient (Wildman–Crippen LogP) is -0.436. The smallest absolute Gasteiger partial charge is 0.286 e. The van der Waals surface area contributed by atoms with Gasteiger partial charge in [0.2, 0.25) is 5.82 Å². The van der Waals surface area contributed by atoms with Gasteiger partial charge in [0.25, 0.3) is 11.8 Å². The fourth-order valence-corrected chi connectivity index (χ4v) is 2.17. The van der Waals surface area contributed by atoms with E-state index in [4.69, 9.17) is 5.73 Å². The lowest BCUT2D eigenvalue weighted by atomic mass is 10.1. The Kier molecular flexibility index (Phi) is 3.27. The zero-order valence-corrected chi connectivity index (χ0v) is 11.1. The number of aromatic nitrogens is 4. The highest BCUT2D eigenvalue weighted by Crippen LogP contribution is 2.17. The van der Waals surface area contributed by atoms with Crippen molar-refractivity contribution in [2.45, 2.75) is 13.0 Å². The molecule has 0 radical (unpaired) electrons. The first-order valence-corrected chi connectivity index (χ1v) is 6.35. The lowest BCUT2D eigenvalue weighted by molar-refractivity contribution is 0.0725. The van der Waals surface area contributed by atoms with E-state index >= 15 is 0 Å². The summed E-state index contributed by atoms with van der Waals surface area (Å²) in [7, 11) is 0. The summed E-state index contributed by atoms with van der Waals surface area (Å²) in [5.41, 5.74) is 7.01. The van der Waals surface area contributed by atoms with Gasteiger partial charge >= 0.3 is 0 Å². The molecule has 2 amide bonds. The first-order valence-electron chi connectivity index (χ1n) is 6.35. The highest BCUT2D eigenvalue weighted by Gasteiger charge is 2.24. The number of rotatable bonds is 2. The zero-order valence-electron chi connectivity index (χ0n) is 11.1. The van der Waals surface area contributed by atoms with E-state index in [1.165, 1.54) is 18.6 Å². The molecule has 0 saturated carbocycles. The van der Waals surface area contributed by atoms with Gasteiger partial charge in [0.05, 0.1) is 18.4 Å². The van der Waals surface area contributed by atoms with Gasteiger partial charge in [-0.1, -0.05) is 0 Å². The fourth-order valence-electron chi connectivity index (χ4n) is 2.17. The third kappa shape index (κ3) is 2.55. The van der Waals surface area contributed by atoms with Crippen molar-refractivity contribution in [3.63, 3.8) is 0 Å². The van der Waals surface area contributed by atoms with Crippen LogP contribution in [0.15, 0.2) is 24.8 Å². The molecule has 8 heteroatoms. The molecule has 0 aromatic carbocycles. The Morgan fingerprint density at radius 1 is 1.19 bits per heavy atom. The first-order chi connectivity index (χ1) is 10.1. The third-order valence-electron chi connectivity index (χ3n) is 3.24. The van der Waals surface area contributed by atoms with E-state index in [9.17, 15) is 9.59 Å². The summed E-state index contributed by atoms with van der Waals surface area (Å²) in [6, 6.07) is 0. The normalized spacial score (nSPS) is 13.6. The van der Waals surface area contributed by atoms with Crippen molar-refractivity contribution in [2.75, 3.05) is 6.54 Å². The van der Waals surface area contributed by atoms with Crippen LogP contribution in [0.4, 0.5) is 0 Å². The fraction of sp³-hybridized carbons (Fsp3) is 0.231. The SMILES string of the molecule is NC(=O)c1ncc2c(n1)CN(C(=O)c1cnccn1)CC2. The van der Waals surface area contributed by atoms with Crippen LogP contribution in [-0.2, 0) is 13.0 Å². The van der Waals surface area contributed by atoms with Gasteiger partial charge in [-0.3, -0.25) is 14.6 Å². The summed E-state index contributed by atoms with van der Waals surface area (Å²) in [4.78, 5) is 41.0. The summed E-state index contributed by atoms with van der Waals surface area (Å²) < 4.78 is 0. The van der Waals surface area contributed by atoms with Crippen molar-refractivity contribution >= 4 is 11.8 Å². The van der Waals surface area contributed by atoms with Crippen LogP contribution in [0.1, 0.15) is 32.4 Å². The maximum absolute atomic E-state index is 12.3. The van der Waals surface area contributed by atoms with Gasteiger partial charge in [-0.15, -0.1) is 0 Å². The summed E-state index contributed by atoms with van der Waals surface area (Å²) in [5.74, 6) is -0.939. The van der Waals surface area contributed by atoms with Gasteiger partial charge in [-0.25, -0.2) is 15.0 Å². The van der Waals surface area contributed by atoms with Crippen molar-refractivity contribution in [3.05, 3.63) is 47.6 Å². The average Bonchev–Trinajstić information content (AvgIpc) is 2.54. The predicted molar refractivity (Wildman–Crippen MR) is 71.0 cm³/mol. The van der Waals surface area contributed by atoms with Crippen LogP contribution in [0.3, 0.4) is 0 Å². The molecule has 8 nitrogen and oxygen atoms in total. The number of hydrogen-bond acceptors (Lipinski definition) is 6. The molecule has 1 aliphatic heterocycles. The summed E-state index contributed by atoms with van der Waals surface area (Å²) in [6.07, 6.45) is 6.62. The highest BCUT2D eigenvalue weighted by molar-refractivity contribution is 5.92. The molecule has 0 bridgehead atoms. The lowest BCUT2D eigenvalue weighted by Gasteiger charge is -2.27. The molecule has 3 heterocycles. The Bertz CT molecular complexity index is 703. The number of hydrogen-bond donors (Lipinski definition) is 1. The number of primary amides is 1. The van der Waals surface area contributed by atoms with Crippen molar-refractivity contribution in [2.24, 2.45) is 5.73 Å². The van der Waals surface area contributed by atoms with Crippen LogP contribution in [0.2, 0.25) is 0 Å². The van der Waals surface area contributed by atoms with Gasteiger partial charge in [-0.05, 0) is 12.0 Å². The van der Waals surface area contributed by atoms with Crippen LogP contribution >= 0.6 is 0 Å². The molecule has 0 fully saturated rings. The molecule has 2 aromatic heterocycles. The van der Waals surface area contributed by atoms with Gasteiger partial charge < -0.3 is 10.6 Å². The molecule has 0 unspecified atom stereocenters. The first kappa shape index (κ1) is 13.1. The Balaban J connectivity index is 1.85. The molecule has 2 N–H and O–H groups in total. The molecule has 0 saturated heterocycles. The molecule has 0 spiro atoms. The number of carbonyl (C=O) groups is 2. The average molecular weight is 284 g/mol. The maximum Gasteiger partial charge on any atom is 0.286 e. The van der Waals surface area contributed by atoms with E-state index in [1.54, 1.807) is 11.1 Å². The molecular formula is C13H12N6O2. The Hall–Kier alpha value is -2.90. The number of nitrogens with zero attached hydrogens (tertiary/aromatic N) is 5. The molecule has 3 rings (SSSR count). The third-order valence-corrected chi connectivity index (χ3v) is 3.24. The molecule has 1 aliphatic rings. The number of amides is 2. The van der Waals surface area contributed by atoms with Crippen LogP contribution < -0.4 is 5.73 Å². The van der Waals surface area contributed by atoms with E-state index in [1.807, 2.05) is 0 Å². The monoisotopic (exact) mass is 284 g/mol. The molecular weight excluding hydrogens is 272 g/mol. The minimum absolute atomic E-state index is 0.0393. The second-order valence-corrected chi connectivity index (χ2v) is 4.60. The lowest BCUT2D eigenvalue weighted by Crippen LogP contribution is -2.37. The number of fused-ring (bicyclic) bond motifs is 1. The van der Waals surface area contributed by atoms with Gasteiger partial charge in [-0.2, -0.15) is 0 Å². The second-order valence-electron chi connectivity index (χ2n) is 4.60. The van der Waals surface area contributed by atoms with E-state index < -0.39 is 5.91 Å². The number of nitrogens with two attached hydrogens (primary N) is 1. The van der Waals surface area contributed by atoms with Crippen molar-refractivity contribution in [1.29, 1.82) is 0 Å². The number of carbonyl (C=O) groups excluding carboxylic acids is 2.